The van der Waals surface area contributed by atoms with Gasteiger partial charge in [0.2, 0.25) is 0 Å². The molecule has 84 valence electrons. The lowest BCUT2D eigenvalue weighted by Crippen LogP contribution is -2.20. The zero-order valence-electron chi connectivity index (χ0n) is 9.53. The van der Waals surface area contributed by atoms with Crippen LogP contribution in [0.2, 0.25) is 0 Å². The van der Waals surface area contributed by atoms with Gasteiger partial charge in [-0.3, -0.25) is 0 Å². The van der Waals surface area contributed by atoms with E-state index >= 15 is 0 Å². The van der Waals surface area contributed by atoms with Crippen LogP contribution in [0.3, 0.4) is 0 Å². The van der Waals surface area contributed by atoms with Crippen LogP contribution < -0.4 is 0 Å². The Morgan fingerprint density at radius 2 is 1.43 bits per heavy atom. The lowest BCUT2D eigenvalue weighted by Gasteiger charge is -2.09. The van der Waals surface area contributed by atoms with E-state index in [0.29, 0.717) is 5.17 Å². The molecule has 0 aliphatic rings. The molecule has 0 aromatic heterocycles. The van der Waals surface area contributed by atoms with Gasteiger partial charge >= 0.3 is 6.09 Å². The third kappa shape index (κ3) is 9.05. The van der Waals surface area contributed by atoms with Crippen LogP contribution in [-0.2, 0) is 9.47 Å². The standard InChI is InChI=1S/C4H9NO2.C4H9NOS/c1-5(2)4(6)7-3;1-5(2)4(7)6-3/h2*1-3H3. The molecule has 0 saturated heterocycles. The Morgan fingerprint density at radius 1 is 1.00 bits per heavy atom. The molecule has 0 aromatic rings. The first-order valence-electron chi connectivity index (χ1n) is 3.87. The number of methoxy groups -OCH3 is 2. The van der Waals surface area contributed by atoms with Gasteiger partial charge in [-0.1, -0.05) is 0 Å². The van der Waals surface area contributed by atoms with E-state index in [1.165, 1.54) is 12.0 Å². The van der Waals surface area contributed by atoms with E-state index in [1.54, 1.807) is 26.1 Å². The zero-order chi connectivity index (χ0) is 11.7. The van der Waals surface area contributed by atoms with Crippen molar-refractivity contribution >= 4 is 23.5 Å². The number of rotatable bonds is 0. The third-order valence-corrected chi connectivity index (χ3v) is 1.61. The molecular weight excluding hydrogens is 204 g/mol. The minimum atomic E-state index is -0.319. The van der Waals surface area contributed by atoms with E-state index in [1.807, 2.05) is 14.1 Å². The molecule has 6 heteroatoms. The SMILES string of the molecule is COC(=O)N(C)C.COC(=S)N(C)C. The number of hydrogen-bond acceptors (Lipinski definition) is 4. The third-order valence-electron chi connectivity index (χ3n) is 1.08. The van der Waals surface area contributed by atoms with E-state index in [2.05, 4.69) is 21.7 Å². The molecule has 0 rings (SSSR count). The summed E-state index contributed by atoms with van der Waals surface area (Å²) in [5, 5.41) is 0.514. The van der Waals surface area contributed by atoms with Crippen LogP contribution in [-0.4, -0.2) is 63.5 Å². The number of amides is 1. The second-order valence-corrected chi connectivity index (χ2v) is 3.08. The van der Waals surface area contributed by atoms with E-state index in [0.717, 1.165) is 0 Å². The first-order valence-corrected chi connectivity index (χ1v) is 4.28. The number of hydrogen-bond donors (Lipinski definition) is 0. The van der Waals surface area contributed by atoms with Gasteiger partial charge in [-0.05, 0) is 12.2 Å². The van der Waals surface area contributed by atoms with Gasteiger partial charge in [-0.25, -0.2) is 4.79 Å². The zero-order valence-corrected chi connectivity index (χ0v) is 10.3. The van der Waals surface area contributed by atoms with Crippen LogP contribution in [0.4, 0.5) is 4.79 Å². The fraction of sp³-hybridized carbons (Fsp3) is 0.750. The van der Waals surface area contributed by atoms with E-state index in [-0.39, 0.29) is 6.09 Å². The van der Waals surface area contributed by atoms with Crippen molar-refractivity contribution in [2.24, 2.45) is 0 Å². The molecule has 0 fully saturated rings. The Morgan fingerprint density at radius 3 is 1.43 bits per heavy atom. The molecule has 0 N–H and O–H groups in total. The van der Waals surface area contributed by atoms with Crippen molar-refractivity contribution < 1.29 is 14.3 Å². The average Bonchev–Trinajstić information content (AvgIpc) is 2.15. The highest BCUT2D eigenvalue weighted by Gasteiger charge is 1.97. The molecule has 0 heterocycles. The largest absolute Gasteiger partial charge is 0.474 e. The predicted octanol–water partition coefficient (Wildman–Crippen LogP) is 0.794. The van der Waals surface area contributed by atoms with E-state index in [9.17, 15) is 4.79 Å². The highest BCUT2D eigenvalue weighted by atomic mass is 32.1. The molecule has 0 aliphatic heterocycles. The average molecular weight is 222 g/mol. The van der Waals surface area contributed by atoms with Crippen LogP contribution in [0.25, 0.3) is 0 Å². The van der Waals surface area contributed by atoms with E-state index in [4.69, 9.17) is 0 Å². The fourth-order valence-corrected chi connectivity index (χ4v) is 0.365. The van der Waals surface area contributed by atoms with Crippen molar-refractivity contribution in [2.45, 2.75) is 0 Å². The van der Waals surface area contributed by atoms with Crippen LogP contribution >= 0.6 is 12.2 Å². The molecule has 0 aliphatic carbocycles. The molecule has 0 spiro atoms. The summed E-state index contributed by atoms with van der Waals surface area (Å²) in [6.45, 7) is 0. The number of carbonyl (C=O) groups is 1. The molecule has 0 aromatic carbocycles. The second-order valence-electron chi connectivity index (χ2n) is 2.73. The van der Waals surface area contributed by atoms with Gasteiger partial charge < -0.3 is 19.3 Å². The van der Waals surface area contributed by atoms with Crippen molar-refractivity contribution in [3.8, 4) is 0 Å². The minimum Gasteiger partial charge on any atom is -0.474 e. The maximum atomic E-state index is 10.2. The van der Waals surface area contributed by atoms with Crippen molar-refractivity contribution in [2.75, 3.05) is 42.4 Å². The first kappa shape index (κ1) is 15.4. The maximum Gasteiger partial charge on any atom is 0.408 e. The molecule has 14 heavy (non-hydrogen) atoms. The Labute approximate surface area is 90.6 Å². The van der Waals surface area contributed by atoms with Gasteiger partial charge in [-0.2, -0.15) is 0 Å². The predicted molar refractivity (Wildman–Crippen MR) is 59.4 cm³/mol. The van der Waals surface area contributed by atoms with Crippen molar-refractivity contribution in [1.29, 1.82) is 0 Å². The van der Waals surface area contributed by atoms with Gasteiger partial charge in [-0.15, -0.1) is 0 Å². The van der Waals surface area contributed by atoms with Crippen molar-refractivity contribution in [3.05, 3.63) is 0 Å². The summed E-state index contributed by atoms with van der Waals surface area (Å²) < 4.78 is 8.97. The lowest BCUT2D eigenvalue weighted by molar-refractivity contribution is 0.141. The Bertz CT molecular complexity index is 163. The summed E-state index contributed by atoms with van der Waals surface area (Å²) >= 11 is 4.68. The quantitative estimate of drug-likeness (QED) is 0.567. The summed E-state index contributed by atoms with van der Waals surface area (Å²) in [5.41, 5.74) is 0. The summed E-state index contributed by atoms with van der Waals surface area (Å²) in [6.07, 6.45) is -0.319. The van der Waals surface area contributed by atoms with Gasteiger partial charge in [0.15, 0.2) is 0 Å². The number of carbonyl (C=O) groups excluding carboxylic acids is 1. The maximum absolute atomic E-state index is 10.2. The summed E-state index contributed by atoms with van der Waals surface area (Å²) in [4.78, 5) is 13.3. The Hall–Kier alpha value is -1.04. The van der Waals surface area contributed by atoms with Crippen molar-refractivity contribution in [3.63, 3.8) is 0 Å². The molecule has 0 bridgehead atoms. The number of ether oxygens (including phenoxy) is 2. The molecule has 5 nitrogen and oxygen atoms in total. The van der Waals surface area contributed by atoms with Crippen molar-refractivity contribution in [1.82, 2.24) is 9.80 Å². The second kappa shape index (κ2) is 8.55. The van der Waals surface area contributed by atoms with Crippen LogP contribution in [0, 0.1) is 0 Å². The van der Waals surface area contributed by atoms with E-state index < -0.39 is 0 Å². The molecule has 1 amide bonds. The lowest BCUT2D eigenvalue weighted by atomic mass is 10.9. The van der Waals surface area contributed by atoms with Gasteiger partial charge in [0, 0.05) is 28.2 Å². The molecular formula is C8H18N2O3S. The van der Waals surface area contributed by atoms with Gasteiger partial charge in [0.25, 0.3) is 5.17 Å². The number of nitrogens with zero attached hydrogens (tertiary/aromatic N) is 2. The van der Waals surface area contributed by atoms with Crippen LogP contribution in [0.5, 0.6) is 0 Å². The molecule has 0 saturated carbocycles. The minimum absolute atomic E-state index is 0.319. The van der Waals surface area contributed by atoms with Crippen LogP contribution in [0.1, 0.15) is 0 Å². The Balaban J connectivity index is 0. The van der Waals surface area contributed by atoms with Gasteiger partial charge in [0.1, 0.15) is 0 Å². The summed E-state index contributed by atoms with van der Waals surface area (Å²) in [7, 11) is 9.85. The highest BCUT2D eigenvalue weighted by Crippen LogP contribution is 1.80. The fourth-order valence-electron chi connectivity index (χ4n) is 0.365. The highest BCUT2D eigenvalue weighted by molar-refractivity contribution is 7.79. The molecule has 0 unspecified atom stereocenters. The normalized spacial score (nSPS) is 7.86. The first-order chi connectivity index (χ1) is 6.36. The molecule has 0 atom stereocenters. The summed E-state index contributed by atoms with van der Waals surface area (Å²) in [5.74, 6) is 0. The number of thiocarbonyl (C=S) groups is 1. The Kier molecular flexibility index (Phi) is 9.43. The van der Waals surface area contributed by atoms with Crippen LogP contribution in [0.15, 0.2) is 0 Å². The monoisotopic (exact) mass is 222 g/mol. The molecule has 0 radical (unpaired) electrons. The van der Waals surface area contributed by atoms with Gasteiger partial charge in [0.05, 0.1) is 14.2 Å². The smallest absolute Gasteiger partial charge is 0.408 e. The topological polar surface area (TPSA) is 42.0 Å². The summed E-state index contributed by atoms with van der Waals surface area (Å²) in [6, 6.07) is 0.